The molecule has 27 heavy (non-hydrogen) atoms. The Balaban J connectivity index is 2.04. The molecule has 0 radical (unpaired) electrons. The summed E-state index contributed by atoms with van der Waals surface area (Å²) in [5.41, 5.74) is 0.316. The molecule has 0 unspecified atom stereocenters. The van der Waals surface area contributed by atoms with Gasteiger partial charge in [-0.2, -0.15) is 4.98 Å². The van der Waals surface area contributed by atoms with Crippen molar-refractivity contribution in [1.82, 2.24) is 23.6 Å². The van der Waals surface area contributed by atoms with Crippen LogP contribution in [-0.2, 0) is 20.6 Å². The number of hydrogen-bond donors (Lipinski definition) is 0. The number of aryl methyl sites for hydroxylation is 2. The fourth-order valence-corrected chi connectivity index (χ4v) is 3.52. The smallest absolute Gasteiger partial charge is 0.332 e. The molecule has 1 fully saturated rings. The Labute approximate surface area is 158 Å². The summed E-state index contributed by atoms with van der Waals surface area (Å²) in [5, 5.41) is 0. The van der Waals surface area contributed by atoms with E-state index in [9.17, 15) is 9.59 Å². The van der Waals surface area contributed by atoms with Gasteiger partial charge in [-0.05, 0) is 25.7 Å². The van der Waals surface area contributed by atoms with Gasteiger partial charge < -0.3 is 14.4 Å². The molecule has 0 aliphatic carbocycles. The molecule has 0 saturated carbocycles. The Morgan fingerprint density at radius 3 is 2.48 bits per heavy atom. The van der Waals surface area contributed by atoms with Gasteiger partial charge in [-0.3, -0.25) is 18.9 Å². The van der Waals surface area contributed by atoms with Gasteiger partial charge in [-0.1, -0.05) is 0 Å². The van der Waals surface area contributed by atoms with Gasteiger partial charge in [0, 0.05) is 54.4 Å². The van der Waals surface area contributed by atoms with Crippen molar-refractivity contribution in [3.05, 3.63) is 20.8 Å². The molecule has 148 valence electrons. The number of piperidine rings is 1. The van der Waals surface area contributed by atoms with Crippen LogP contribution in [0.25, 0.3) is 11.2 Å². The normalized spacial score (nSPS) is 15.2. The second-order valence-electron chi connectivity index (χ2n) is 7.33. The molecule has 0 N–H and O–H groups in total. The minimum absolute atomic E-state index is 0.291. The quantitative estimate of drug-likeness (QED) is 0.415. The molecule has 0 atom stereocenters. The topological polar surface area (TPSA) is 80.7 Å². The summed E-state index contributed by atoms with van der Waals surface area (Å²) in [6.07, 6.45) is 6.04. The molecule has 1 aliphatic rings. The van der Waals surface area contributed by atoms with Gasteiger partial charge in [0.05, 0.1) is 6.34 Å². The van der Waals surface area contributed by atoms with Crippen LogP contribution in [0, 0.1) is 0 Å². The standard InChI is InChI=1S/C18H29N7O2/c1-21(2)13-19-9-8-12-25-14-15(22(3)18(27)23(4)16(14)26)20-17(25)24-10-6-5-7-11-24/h13H,5-12H2,1-4H3. The van der Waals surface area contributed by atoms with Crippen LogP contribution < -0.4 is 16.1 Å². The molecule has 3 heterocycles. The summed E-state index contributed by atoms with van der Waals surface area (Å²) < 4.78 is 4.60. The first-order valence-electron chi connectivity index (χ1n) is 9.49. The van der Waals surface area contributed by atoms with E-state index in [0.29, 0.717) is 24.3 Å². The van der Waals surface area contributed by atoms with Crippen molar-refractivity contribution in [2.75, 3.05) is 38.6 Å². The fraction of sp³-hybridized carbons (Fsp3) is 0.667. The Hall–Kier alpha value is -2.58. The lowest BCUT2D eigenvalue weighted by atomic mass is 10.1. The van der Waals surface area contributed by atoms with Crippen LogP contribution in [0.15, 0.2) is 14.6 Å². The van der Waals surface area contributed by atoms with Crippen LogP contribution in [0.2, 0.25) is 0 Å². The number of aromatic nitrogens is 4. The molecule has 3 rings (SSSR count). The Morgan fingerprint density at radius 2 is 1.81 bits per heavy atom. The third-order valence-electron chi connectivity index (χ3n) is 4.95. The van der Waals surface area contributed by atoms with E-state index in [2.05, 4.69) is 9.89 Å². The molecule has 9 heteroatoms. The number of aliphatic imine (C=N–C) groups is 1. The number of anilines is 1. The lowest BCUT2D eigenvalue weighted by Gasteiger charge is -2.28. The number of fused-ring (bicyclic) bond motifs is 1. The van der Waals surface area contributed by atoms with E-state index in [0.717, 1.165) is 42.9 Å². The molecule has 2 aromatic rings. The molecule has 9 nitrogen and oxygen atoms in total. The average Bonchev–Trinajstić information content (AvgIpc) is 3.04. The van der Waals surface area contributed by atoms with Gasteiger partial charge >= 0.3 is 5.69 Å². The minimum Gasteiger partial charge on any atom is -0.369 e. The van der Waals surface area contributed by atoms with E-state index in [4.69, 9.17) is 4.98 Å². The molecular formula is C18H29N7O2. The van der Waals surface area contributed by atoms with Crippen molar-refractivity contribution in [2.24, 2.45) is 19.1 Å². The van der Waals surface area contributed by atoms with Gasteiger partial charge in [0.15, 0.2) is 11.2 Å². The van der Waals surface area contributed by atoms with Gasteiger partial charge in [-0.25, -0.2) is 4.79 Å². The van der Waals surface area contributed by atoms with Crippen molar-refractivity contribution in [2.45, 2.75) is 32.2 Å². The monoisotopic (exact) mass is 375 g/mol. The lowest BCUT2D eigenvalue weighted by Crippen LogP contribution is -2.37. The van der Waals surface area contributed by atoms with Crippen molar-refractivity contribution in [3.63, 3.8) is 0 Å². The van der Waals surface area contributed by atoms with E-state index in [1.807, 2.05) is 23.6 Å². The SMILES string of the molecule is CN(C)C=NCCCn1c(N2CCCCC2)nc2c1c(=O)n(C)c(=O)n2C. The second-order valence-corrected chi connectivity index (χ2v) is 7.33. The number of hydrogen-bond acceptors (Lipinski definition) is 5. The Kier molecular flexibility index (Phi) is 5.67. The Morgan fingerprint density at radius 1 is 1.11 bits per heavy atom. The van der Waals surface area contributed by atoms with E-state index in [1.165, 1.54) is 18.0 Å². The van der Waals surface area contributed by atoms with Gasteiger partial charge in [0.2, 0.25) is 5.95 Å². The van der Waals surface area contributed by atoms with E-state index >= 15 is 0 Å². The zero-order valence-corrected chi connectivity index (χ0v) is 16.7. The fourth-order valence-electron chi connectivity index (χ4n) is 3.52. The van der Waals surface area contributed by atoms with Crippen LogP contribution in [0.4, 0.5) is 5.95 Å². The predicted octanol–water partition coefficient (Wildman–Crippen LogP) is 0.404. The van der Waals surface area contributed by atoms with Gasteiger partial charge in [0.25, 0.3) is 5.56 Å². The van der Waals surface area contributed by atoms with Crippen LogP contribution in [0.3, 0.4) is 0 Å². The lowest BCUT2D eigenvalue weighted by molar-refractivity contribution is 0.551. The highest BCUT2D eigenvalue weighted by molar-refractivity contribution is 5.74. The highest BCUT2D eigenvalue weighted by atomic mass is 16.2. The third-order valence-corrected chi connectivity index (χ3v) is 4.95. The summed E-state index contributed by atoms with van der Waals surface area (Å²) >= 11 is 0. The molecule has 0 bridgehead atoms. The maximum Gasteiger partial charge on any atom is 0.332 e. The predicted molar refractivity (Wildman–Crippen MR) is 108 cm³/mol. The van der Waals surface area contributed by atoms with E-state index < -0.39 is 0 Å². The van der Waals surface area contributed by atoms with Crippen LogP contribution >= 0.6 is 0 Å². The van der Waals surface area contributed by atoms with Crippen LogP contribution in [0.5, 0.6) is 0 Å². The summed E-state index contributed by atoms with van der Waals surface area (Å²) in [4.78, 5) is 38.4. The summed E-state index contributed by atoms with van der Waals surface area (Å²) in [6.45, 7) is 3.16. The summed E-state index contributed by atoms with van der Waals surface area (Å²) in [6, 6.07) is 0. The first-order chi connectivity index (χ1) is 12.9. The Bertz CT molecular complexity index is 945. The molecular weight excluding hydrogens is 346 g/mol. The van der Waals surface area contributed by atoms with Crippen LogP contribution in [-0.4, -0.2) is 63.7 Å². The zero-order valence-electron chi connectivity index (χ0n) is 16.7. The number of imidazole rings is 1. The molecule has 0 amide bonds. The van der Waals surface area contributed by atoms with E-state index in [1.54, 1.807) is 13.4 Å². The third kappa shape index (κ3) is 3.77. The first kappa shape index (κ1) is 19.2. The summed E-state index contributed by atoms with van der Waals surface area (Å²) in [7, 11) is 7.06. The highest BCUT2D eigenvalue weighted by Gasteiger charge is 2.23. The molecule has 2 aromatic heterocycles. The number of rotatable bonds is 6. The van der Waals surface area contributed by atoms with Crippen LogP contribution in [0.1, 0.15) is 25.7 Å². The van der Waals surface area contributed by atoms with Gasteiger partial charge in [-0.15, -0.1) is 0 Å². The second kappa shape index (κ2) is 7.98. The van der Waals surface area contributed by atoms with Gasteiger partial charge in [0.1, 0.15) is 0 Å². The summed E-state index contributed by atoms with van der Waals surface area (Å²) in [5.74, 6) is 0.791. The number of nitrogens with zero attached hydrogens (tertiary/aromatic N) is 7. The maximum absolute atomic E-state index is 12.8. The van der Waals surface area contributed by atoms with E-state index in [-0.39, 0.29) is 11.2 Å². The molecule has 0 aromatic carbocycles. The van der Waals surface area contributed by atoms with Crippen molar-refractivity contribution in [1.29, 1.82) is 0 Å². The van der Waals surface area contributed by atoms with Crippen molar-refractivity contribution in [3.8, 4) is 0 Å². The largest absolute Gasteiger partial charge is 0.369 e. The zero-order chi connectivity index (χ0) is 19.6. The average molecular weight is 375 g/mol. The first-order valence-corrected chi connectivity index (χ1v) is 9.49. The molecule has 1 aliphatic heterocycles. The maximum atomic E-state index is 12.8. The highest BCUT2D eigenvalue weighted by Crippen LogP contribution is 2.23. The van der Waals surface area contributed by atoms with Crippen molar-refractivity contribution < 1.29 is 0 Å². The molecule has 1 saturated heterocycles. The molecule has 0 spiro atoms. The minimum atomic E-state index is -0.349. The van der Waals surface area contributed by atoms with Crippen molar-refractivity contribution >= 4 is 23.5 Å².